The molecule has 0 fully saturated rings. The minimum atomic E-state index is -0.146. The Bertz CT molecular complexity index is 1070. The van der Waals surface area contributed by atoms with Gasteiger partial charge in [0.1, 0.15) is 5.75 Å². The lowest BCUT2D eigenvalue weighted by Crippen LogP contribution is -2.11. The van der Waals surface area contributed by atoms with E-state index in [1.807, 2.05) is 59.4 Å². The van der Waals surface area contributed by atoms with Crippen LogP contribution in [0, 0.1) is 0 Å². The molecule has 0 aliphatic heterocycles. The van der Waals surface area contributed by atoms with Crippen molar-refractivity contribution in [2.24, 2.45) is 0 Å². The number of nitrogens with zero attached hydrogens (tertiary/aromatic N) is 3. The Morgan fingerprint density at radius 2 is 1.66 bits per heavy atom. The van der Waals surface area contributed by atoms with E-state index in [-0.39, 0.29) is 5.91 Å². The van der Waals surface area contributed by atoms with Crippen LogP contribution in [-0.4, -0.2) is 20.7 Å². The predicted molar refractivity (Wildman–Crippen MR) is 112 cm³/mol. The lowest BCUT2D eigenvalue weighted by molar-refractivity contribution is 0.102. The fourth-order valence-electron chi connectivity index (χ4n) is 2.81. The van der Waals surface area contributed by atoms with Crippen LogP contribution in [0.5, 0.6) is 11.6 Å². The van der Waals surface area contributed by atoms with Gasteiger partial charge in [-0.15, -0.1) is 10.2 Å². The Labute approximate surface area is 168 Å². The highest BCUT2D eigenvalue weighted by Crippen LogP contribution is 2.22. The first-order valence-electron chi connectivity index (χ1n) is 9.36. The average molecular weight is 384 g/mol. The number of amides is 1. The number of hydrogen-bond donors (Lipinski definition) is 1. The predicted octanol–water partition coefficient (Wildman–Crippen LogP) is 4.87. The van der Waals surface area contributed by atoms with Crippen LogP contribution in [0.3, 0.4) is 0 Å². The van der Waals surface area contributed by atoms with Gasteiger partial charge >= 0.3 is 0 Å². The monoisotopic (exact) mass is 384 g/mol. The van der Waals surface area contributed by atoms with Gasteiger partial charge in [0, 0.05) is 29.7 Å². The number of aryl methyl sites for hydroxylation is 1. The van der Waals surface area contributed by atoms with Gasteiger partial charge in [-0.3, -0.25) is 4.79 Å². The van der Waals surface area contributed by atoms with Crippen LogP contribution in [0.1, 0.15) is 22.8 Å². The van der Waals surface area contributed by atoms with E-state index in [0.717, 1.165) is 6.42 Å². The maximum Gasteiger partial charge on any atom is 0.255 e. The molecule has 0 aliphatic carbocycles. The maximum absolute atomic E-state index is 12.4. The molecule has 4 aromatic rings. The Balaban J connectivity index is 1.38. The van der Waals surface area contributed by atoms with E-state index in [1.165, 1.54) is 5.56 Å². The van der Waals surface area contributed by atoms with Gasteiger partial charge < -0.3 is 14.6 Å². The molecule has 2 aromatic heterocycles. The zero-order valence-corrected chi connectivity index (χ0v) is 15.9. The van der Waals surface area contributed by atoms with Crippen LogP contribution in [0.2, 0.25) is 0 Å². The van der Waals surface area contributed by atoms with Gasteiger partial charge in [0.15, 0.2) is 5.82 Å². The molecule has 0 spiro atoms. The molecule has 1 N–H and O–H groups in total. The van der Waals surface area contributed by atoms with Crippen molar-refractivity contribution in [1.82, 2.24) is 14.8 Å². The zero-order valence-electron chi connectivity index (χ0n) is 15.9. The van der Waals surface area contributed by atoms with Crippen LogP contribution in [0.15, 0.2) is 85.2 Å². The molecule has 4 rings (SSSR count). The molecule has 0 radical (unpaired) electrons. The van der Waals surface area contributed by atoms with Crippen LogP contribution in [0.25, 0.3) is 5.82 Å². The lowest BCUT2D eigenvalue weighted by Gasteiger charge is -2.08. The first kappa shape index (κ1) is 18.4. The molecule has 144 valence electrons. The van der Waals surface area contributed by atoms with Gasteiger partial charge in [-0.25, -0.2) is 0 Å². The van der Waals surface area contributed by atoms with E-state index in [2.05, 4.69) is 22.4 Å². The summed E-state index contributed by atoms with van der Waals surface area (Å²) in [4.78, 5) is 12.4. The molecule has 6 nitrogen and oxygen atoms in total. The summed E-state index contributed by atoms with van der Waals surface area (Å²) in [7, 11) is 0. The van der Waals surface area contributed by atoms with Gasteiger partial charge in [0.25, 0.3) is 5.91 Å². The van der Waals surface area contributed by atoms with Crippen molar-refractivity contribution in [1.29, 1.82) is 0 Å². The second-order valence-electron chi connectivity index (χ2n) is 6.45. The van der Waals surface area contributed by atoms with Gasteiger partial charge in [-0.1, -0.05) is 19.1 Å². The Morgan fingerprint density at radius 3 is 2.28 bits per heavy atom. The Kier molecular flexibility index (Phi) is 5.33. The number of ether oxygens (including phenoxy) is 1. The highest BCUT2D eigenvalue weighted by Gasteiger charge is 2.07. The fraction of sp³-hybridized carbons (Fsp3) is 0.0870. The number of anilines is 1. The van der Waals surface area contributed by atoms with E-state index < -0.39 is 0 Å². The molecule has 0 atom stereocenters. The molecule has 29 heavy (non-hydrogen) atoms. The molecule has 0 bridgehead atoms. The number of carbonyl (C=O) groups excluding carboxylic acids is 1. The largest absolute Gasteiger partial charge is 0.438 e. The number of aromatic nitrogens is 3. The number of nitrogens with one attached hydrogen (secondary N) is 1. The van der Waals surface area contributed by atoms with Gasteiger partial charge in [0.2, 0.25) is 5.88 Å². The first-order chi connectivity index (χ1) is 14.2. The summed E-state index contributed by atoms with van der Waals surface area (Å²) in [6.07, 6.45) is 4.74. The summed E-state index contributed by atoms with van der Waals surface area (Å²) in [5.74, 6) is 1.58. The van der Waals surface area contributed by atoms with E-state index in [9.17, 15) is 4.79 Å². The normalized spacial score (nSPS) is 10.5. The minimum Gasteiger partial charge on any atom is -0.438 e. The second-order valence-corrected chi connectivity index (χ2v) is 6.45. The van der Waals surface area contributed by atoms with Crippen LogP contribution < -0.4 is 10.1 Å². The smallest absolute Gasteiger partial charge is 0.255 e. The van der Waals surface area contributed by atoms with Crippen LogP contribution >= 0.6 is 0 Å². The molecule has 0 aliphatic rings. The highest BCUT2D eigenvalue weighted by atomic mass is 16.5. The van der Waals surface area contributed by atoms with Crippen molar-refractivity contribution in [3.8, 4) is 17.4 Å². The SMILES string of the molecule is CCc1ccc(C(=O)Nc2ccc(Oc3ccc(-n4cccc4)nn3)cc2)cc1. The molecule has 2 aromatic carbocycles. The molecule has 6 heteroatoms. The third kappa shape index (κ3) is 4.50. The van der Waals surface area contributed by atoms with E-state index in [0.29, 0.717) is 28.7 Å². The molecule has 1 amide bonds. The Morgan fingerprint density at radius 1 is 0.931 bits per heavy atom. The number of rotatable bonds is 6. The lowest BCUT2D eigenvalue weighted by atomic mass is 10.1. The summed E-state index contributed by atoms with van der Waals surface area (Å²) in [6, 6.07) is 22.2. The van der Waals surface area contributed by atoms with Crippen molar-refractivity contribution in [3.05, 3.63) is 96.3 Å². The summed E-state index contributed by atoms with van der Waals surface area (Å²) < 4.78 is 7.59. The van der Waals surface area contributed by atoms with Gasteiger partial charge in [-0.2, -0.15) is 0 Å². The van der Waals surface area contributed by atoms with Crippen molar-refractivity contribution >= 4 is 11.6 Å². The maximum atomic E-state index is 12.4. The topological polar surface area (TPSA) is 69.0 Å². The van der Waals surface area contributed by atoms with E-state index >= 15 is 0 Å². The summed E-state index contributed by atoms with van der Waals surface area (Å²) >= 11 is 0. The quantitative estimate of drug-likeness (QED) is 0.515. The average Bonchev–Trinajstić information content (AvgIpc) is 3.31. The van der Waals surface area contributed by atoms with Gasteiger partial charge in [-0.05, 0) is 66.6 Å². The summed E-state index contributed by atoms with van der Waals surface area (Å²) in [5.41, 5.74) is 2.52. The standard InChI is InChI=1S/C23H20N4O2/c1-2-17-5-7-18(8-6-17)23(28)24-19-9-11-20(12-10-19)29-22-14-13-21(25-26-22)27-15-3-4-16-27/h3-16H,2H2,1H3,(H,24,28). The third-order valence-corrected chi connectivity index (χ3v) is 4.45. The molecular formula is C23H20N4O2. The molecule has 0 saturated carbocycles. The van der Waals surface area contributed by atoms with Gasteiger partial charge in [0.05, 0.1) is 0 Å². The van der Waals surface area contributed by atoms with Crippen molar-refractivity contribution in [2.75, 3.05) is 5.32 Å². The van der Waals surface area contributed by atoms with E-state index in [1.54, 1.807) is 30.3 Å². The first-order valence-corrected chi connectivity index (χ1v) is 9.36. The number of hydrogen-bond acceptors (Lipinski definition) is 4. The molecule has 0 saturated heterocycles. The van der Waals surface area contributed by atoms with Crippen molar-refractivity contribution in [2.45, 2.75) is 13.3 Å². The Hall–Kier alpha value is -3.93. The van der Waals surface area contributed by atoms with Crippen LogP contribution in [-0.2, 0) is 6.42 Å². The number of benzene rings is 2. The summed E-state index contributed by atoms with van der Waals surface area (Å²) in [5, 5.41) is 11.1. The minimum absolute atomic E-state index is 0.146. The third-order valence-electron chi connectivity index (χ3n) is 4.45. The highest BCUT2D eigenvalue weighted by molar-refractivity contribution is 6.04. The van der Waals surface area contributed by atoms with Crippen molar-refractivity contribution in [3.63, 3.8) is 0 Å². The number of carbonyl (C=O) groups is 1. The van der Waals surface area contributed by atoms with E-state index in [4.69, 9.17) is 4.74 Å². The zero-order chi connectivity index (χ0) is 20.1. The second kappa shape index (κ2) is 8.39. The van der Waals surface area contributed by atoms with Crippen molar-refractivity contribution < 1.29 is 9.53 Å². The molecular weight excluding hydrogens is 364 g/mol. The molecule has 0 unspecified atom stereocenters. The van der Waals surface area contributed by atoms with Crippen LogP contribution in [0.4, 0.5) is 5.69 Å². The molecule has 2 heterocycles. The fourth-order valence-corrected chi connectivity index (χ4v) is 2.81. The summed E-state index contributed by atoms with van der Waals surface area (Å²) in [6.45, 7) is 2.08.